The third kappa shape index (κ3) is 7.72. The molecule has 2 rings (SSSR count). The lowest BCUT2D eigenvalue weighted by molar-refractivity contribution is -0.115. The number of rotatable bonds is 7. The van der Waals surface area contributed by atoms with Crippen molar-refractivity contribution in [1.29, 1.82) is 0 Å². The average Bonchev–Trinajstić information content (AvgIpc) is 2.63. The number of morpholine rings is 1. The molecule has 28 heavy (non-hydrogen) atoms. The first-order chi connectivity index (χ1) is 13.3. The largest absolute Gasteiger partial charge is 0.379 e. The summed E-state index contributed by atoms with van der Waals surface area (Å²) in [5, 5.41) is 4.32. The number of carbonyl (C=O) groups is 1. The fourth-order valence-electron chi connectivity index (χ4n) is 2.59. The molecule has 0 bridgehead atoms. The molecule has 1 amide bonds. The normalized spacial score (nSPS) is 17.4. The Hall–Kier alpha value is -1.12. The number of ether oxygens (including phenoxy) is 2. The molecule has 1 unspecified atom stereocenters. The lowest BCUT2D eigenvalue weighted by Crippen LogP contribution is -2.42. The summed E-state index contributed by atoms with van der Waals surface area (Å²) in [6, 6.07) is 7.39. The standard InChI is InChI=1S/C20H30ClN3O3S/c1-15(20(3,4)27-14-11-24-9-12-26-13-10-24)28-19(22-16(2)25)23-18-8-6-5-7-17(18)21/h5-8,15H,9-14H2,1-4H3,(H,22,23,25). The number of hydrogen-bond acceptors (Lipinski definition) is 5. The Labute approximate surface area is 177 Å². The minimum Gasteiger partial charge on any atom is -0.379 e. The summed E-state index contributed by atoms with van der Waals surface area (Å²) in [7, 11) is 0. The molecule has 1 aliphatic rings. The molecule has 1 aliphatic heterocycles. The zero-order valence-electron chi connectivity index (χ0n) is 17.0. The Morgan fingerprint density at radius 3 is 2.71 bits per heavy atom. The fourth-order valence-corrected chi connectivity index (χ4v) is 3.81. The van der Waals surface area contributed by atoms with Crippen molar-refractivity contribution in [3.63, 3.8) is 0 Å². The molecule has 0 aliphatic carbocycles. The topological polar surface area (TPSA) is 63.2 Å². The summed E-state index contributed by atoms with van der Waals surface area (Å²) >= 11 is 7.69. The predicted octanol–water partition coefficient (Wildman–Crippen LogP) is 3.90. The number of anilines is 1. The van der Waals surface area contributed by atoms with Crippen LogP contribution in [0.15, 0.2) is 29.3 Å². The molecule has 1 saturated heterocycles. The molecular weight excluding hydrogens is 398 g/mol. The Balaban J connectivity index is 1.93. The first-order valence-electron chi connectivity index (χ1n) is 9.49. The second-order valence-electron chi connectivity index (χ2n) is 7.21. The number of amidine groups is 1. The van der Waals surface area contributed by atoms with Gasteiger partial charge in [-0.25, -0.2) is 0 Å². The van der Waals surface area contributed by atoms with E-state index < -0.39 is 5.60 Å². The van der Waals surface area contributed by atoms with Crippen molar-refractivity contribution < 1.29 is 14.3 Å². The monoisotopic (exact) mass is 427 g/mol. The highest BCUT2D eigenvalue weighted by Gasteiger charge is 2.29. The maximum Gasteiger partial charge on any atom is 0.244 e. The van der Waals surface area contributed by atoms with Crippen LogP contribution in [0.25, 0.3) is 0 Å². The van der Waals surface area contributed by atoms with Crippen molar-refractivity contribution in [3.8, 4) is 0 Å². The maximum absolute atomic E-state index is 11.6. The van der Waals surface area contributed by atoms with Crippen molar-refractivity contribution in [2.24, 2.45) is 4.99 Å². The zero-order valence-corrected chi connectivity index (χ0v) is 18.6. The van der Waals surface area contributed by atoms with Crippen LogP contribution >= 0.6 is 23.4 Å². The zero-order chi connectivity index (χ0) is 20.6. The van der Waals surface area contributed by atoms with E-state index in [-0.39, 0.29) is 11.2 Å². The number of benzene rings is 1. The van der Waals surface area contributed by atoms with Crippen LogP contribution in [-0.4, -0.2) is 66.3 Å². The summed E-state index contributed by atoms with van der Waals surface area (Å²) in [6.07, 6.45) is 0. The highest BCUT2D eigenvalue weighted by atomic mass is 35.5. The van der Waals surface area contributed by atoms with E-state index in [1.165, 1.54) is 18.7 Å². The molecule has 1 heterocycles. The molecule has 0 saturated carbocycles. The van der Waals surface area contributed by atoms with Crippen molar-refractivity contribution in [2.75, 3.05) is 44.8 Å². The van der Waals surface area contributed by atoms with Gasteiger partial charge in [-0.2, -0.15) is 4.99 Å². The van der Waals surface area contributed by atoms with Crippen molar-refractivity contribution in [3.05, 3.63) is 29.3 Å². The van der Waals surface area contributed by atoms with Gasteiger partial charge >= 0.3 is 0 Å². The quantitative estimate of drug-likeness (QED) is 0.526. The van der Waals surface area contributed by atoms with E-state index in [1.54, 1.807) is 6.07 Å². The summed E-state index contributed by atoms with van der Waals surface area (Å²) in [5.41, 5.74) is 0.325. The average molecular weight is 428 g/mol. The molecule has 0 spiro atoms. The molecule has 1 aromatic rings. The summed E-state index contributed by atoms with van der Waals surface area (Å²) in [4.78, 5) is 18.0. The first-order valence-corrected chi connectivity index (χ1v) is 10.7. The van der Waals surface area contributed by atoms with Crippen molar-refractivity contribution in [2.45, 2.75) is 38.5 Å². The van der Waals surface area contributed by atoms with Crippen LogP contribution in [-0.2, 0) is 14.3 Å². The molecule has 1 aromatic carbocycles. The van der Waals surface area contributed by atoms with E-state index in [0.717, 1.165) is 38.5 Å². The Morgan fingerprint density at radius 1 is 1.39 bits per heavy atom. The van der Waals surface area contributed by atoms with E-state index in [1.807, 2.05) is 18.2 Å². The Kier molecular flexibility index (Phi) is 9.24. The van der Waals surface area contributed by atoms with Crippen molar-refractivity contribution in [1.82, 2.24) is 4.90 Å². The number of halogens is 1. The van der Waals surface area contributed by atoms with E-state index >= 15 is 0 Å². The van der Waals surface area contributed by atoms with Gasteiger partial charge in [-0.3, -0.25) is 9.69 Å². The summed E-state index contributed by atoms with van der Waals surface area (Å²) < 4.78 is 11.6. The molecule has 1 N–H and O–H groups in total. The number of hydrogen-bond donors (Lipinski definition) is 1. The fraction of sp³-hybridized carbons (Fsp3) is 0.600. The van der Waals surface area contributed by atoms with E-state index in [4.69, 9.17) is 21.1 Å². The van der Waals surface area contributed by atoms with Gasteiger partial charge in [0.25, 0.3) is 0 Å². The molecule has 1 atom stereocenters. The molecule has 156 valence electrons. The minimum atomic E-state index is -0.392. The molecular formula is C20H30ClN3O3S. The van der Waals surface area contributed by atoms with Gasteiger partial charge in [0, 0.05) is 31.8 Å². The predicted molar refractivity (Wildman–Crippen MR) is 118 cm³/mol. The lowest BCUT2D eigenvalue weighted by Gasteiger charge is -2.33. The van der Waals surface area contributed by atoms with E-state index in [0.29, 0.717) is 16.8 Å². The van der Waals surface area contributed by atoms with Gasteiger partial charge in [-0.1, -0.05) is 42.4 Å². The number of para-hydroxylation sites is 1. The van der Waals surface area contributed by atoms with Gasteiger partial charge in [-0.05, 0) is 26.0 Å². The Morgan fingerprint density at radius 2 is 2.07 bits per heavy atom. The van der Waals surface area contributed by atoms with E-state index in [9.17, 15) is 4.79 Å². The van der Waals surface area contributed by atoms with Crippen LogP contribution in [0.3, 0.4) is 0 Å². The summed E-state index contributed by atoms with van der Waals surface area (Å²) in [6.45, 7) is 12.6. The smallest absolute Gasteiger partial charge is 0.244 e. The van der Waals surface area contributed by atoms with Crippen LogP contribution in [0.4, 0.5) is 5.69 Å². The van der Waals surface area contributed by atoms with Gasteiger partial charge < -0.3 is 14.8 Å². The number of nitrogens with zero attached hydrogens (tertiary/aromatic N) is 2. The van der Waals surface area contributed by atoms with Crippen LogP contribution in [0.2, 0.25) is 5.02 Å². The van der Waals surface area contributed by atoms with Crippen molar-refractivity contribution >= 4 is 40.1 Å². The molecule has 1 fully saturated rings. The van der Waals surface area contributed by atoms with Crippen LogP contribution in [0, 0.1) is 0 Å². The van der Waals surface area contributed by atoms with Gasteiger partial charge in [-0.15, -0.1) is 0 Å². The van der Waals surface area contributed by atoms with Gasteiger partial charge in [0.15, 0.2) is 5.17 Å². The molecule has 0 aromatic heterocycles. The highest BCUT2D eigenvalue weighted by Crippen LogP contribution is 2.29. The van der Waals surface area contributed by atoms with Gasteiger partial charge in [0.1, 0.15) is 0 Å². The second kappa shape index (κ2) is 11.2. The summed E-state index contributed by atoms with van der Waals surface area (Å²) in [5.74, 6) is -0.264. The Bertz CT molecular complexity index is 678. The highest BCUT2D eigenvalue weighted by molar-refractivity contribution is 8.14. The third-order valence-electron chi connectivity index (χ3n) is 4.63. The number of aliphatic imine (C=N–C) groups is 1. The first kappa shape index (κ1) is 23.2. The number of carbonyl (C=O) groups excluding carboxylic acids is 1. The van der Waals surface area contributed by atoms with Gasteiger partial charge in [0.2, 0.25) is 5.91 Å². The van der Waals surface area contributed by atoms with E-state index in [2.05, 4.69) is 36.0 Å². The molecule has 8 heteroatoms. The SMILES string of the molecule is CC(=O)/N=C(/Nc1ccccc1Cl)SC(C)C(C)(C)OCCN1CCOCC1. The maximum atomic E-state index is 11.6. The van der Waals surface area contributed by atoms with Gasteiger partial charge in [0.05, 0.1) is 36.1 Å². The number of thioether (sulfide) groups is 1. The number of nitrogens with one attached hydrogen (secondary N) is 1. The van der Waals surface area contributed by atoms with Crippen LogP contribution < -0.4 is 5.32 Å². The molecule has 6 nitrogen and oxygen atoms in total. The molecule has 0 radical (unpaired) electrons. The van der Waals surface area contributed by atoms with Crippen LogP contribution in [0.1, 0.15) is 27.7 Å². The second-order valence-corrected chi connectivity index (χ2v) is 8.94. The lowest BCUT2D eigenvalue weighted by atomic mass is 10.1. The minimum absolute atomic E-state index is 0.0604. The third-order valence-corrected chi connectivity index (χ3v) is 6.29. The number of amides is 1. The van der Waals surface area contributed by atoms with Crippen LogP contribution in [0.5, 0.6) is 0 Å².